The number of hydrogen-bond acceptors (Lipinski definition) is 5. The van der Waals surface area contributed by atoms with Gasteiger partial charge in [-0.15, -0.1) is 0 Å². The number of amides is 1. The molecule has 0 aromatic heterocycles. The van der Waals surface area contributed by atoms with Crippen LogP contribution in [0.5, 0.6) is 11.5 Å². The molecule has 0 bridgehead atoms. The van der Waals surface area contributed by atoms with E-state index in [1.165, 1.54) is 5.56 Å². The zero-order chi connectivity index (χ0) is 13.9. The number of cyclic esters (lactones) is 1. The molecule has 0 aliphatic carbocycles. The second-order valence-electron chi connectivity index (χ2n) is 5.03. The molecule has 2 aliphatic heterocycles. The van der Waals surface area contributed by atoms with Gasteiger partial charge in [0.2, 0.25) is 6.79 Å². The largest absolute Gasteiger partial charge is 0.454 e. The number of nitrogens with zero attached hydrogens (tertiary/aromatic N) is 2. The summed E-state index contributed by atoms with van der Waals surface area (Å²) in [4.78, 5) is 15.2. The maximum Gasteiger partial charge on any atom is 0.409 e. The van der Waals surface area contributed by atoms with E-state index in [9.17, 15) is 4.79 Å². The molecule has 3 rings (SSSR count). The van der Waals surface area contributed by atoms with Crippen LogP contribution < -0.4 is 9.47 Å². The first-order valence-electron chi connectivity index (χ1n) is 6.71. The Labute approximate surface area is 117 Å². The predicted octanol–water partition coefficient (Wildman–Crippen LogP) is 1.30. The van der Waals surface area contributed by atoms with Crippen LogP contribution >= 0.6 is 0 Å². The Morgan fingerprint density at radius 1 is 1.25 bits per heavy atom. The number of benzene rings is 1. The van der Waals surface area contributed by atoms with Crippen LogP contribution in [0.15, 0.2) is 18.2 Å². The lowest BCUT2D eigenvalue weighted by atomic mass is 10.2. The minimum atomic E-state index is -0.207. The van der Waals surface area contributed by atoms with Crippen molar-refractivity contribution in [3.05, 3.63) is 23.8 Å². The van der Waals surface area contributed by atoms with E-state index in [1.807, 2.05) is 25.2 Å². The van der Waals surface area contributed by atoms with E-state index >= 15 is 0 Å². The number of carbonyl (C=O) groups excluding carboxylic acids is 1. The van der Waals surface area contributed by atoms with E-state index in [0.717, 1.165) is 24.6 Å². The van der Waals surface area contributed by atoms with Crippen molar-refractivity contribution in [3.8, 4) is 11.5 Å². The second-order valence-corrected chi connectivity index (χ2v) is 5.03. The van der Waals surface area contributed by atoms with E-state index in [4.69, 9.17) is 14.2 Å². The van der Waals surface area contributed by atoms with Gasteiger partial charge in [-0.3, -0.25) is 0 Å². The van der Waals surface area contributed by atoms with Gasteiger partial charge in [-0.05, 0) is 24.7 Å². The first kappa shape index (κ1) is 13.1. The summed E-state index contributed by atoms with van der Waals surface area (Å²) < 4.78 is 15.6. The maximum atomic E-state index is 11.3. The van der Waals surface area contributed by atoms with Crippen molar-refractivity contribution in [2.75, 3.05) is 40.1 Å². The number of fused-ring (bicyclic) bond motifs is 1. The highest BCUT2D eigenvalue weighted by atomic mass is 16.7. The Hall–Kier alpha value is -1.95. The van der Waals surface area contributed by atoms with Gasteiger partial charge in [-0.1, -0.05) is 6.07 Å². The minimum absolute atomic E-state index is 0.207. The monoisotopic (exact) mass is 278 g/mol. The summed E-state index contributed by atoms with van der Waals surface area (Å²) >= 11 is 0. The molecule has 0 atom stereocenters. The van der Waals surface area contributed by atoms with Gasteiger partial charge < -0.3 is 24.0 Å². The van der Waals surface area contributed by atoms with E-state index in [1.54, 1.807) is 4.90 Å². The highest BCUT2D eigenvalue weighted by Gasteiger charge is 2.21. The molecule has 0 radical (unpaired) electrons. The molecule has 0 unspecified atom stereocenters. The van der Waals surface area contributed by atoms with Gasteiger partial charge in [0.25, 0.3) is 0 Å². The molecule has 1 aromatic carbocycles. The molecule has 1 amide bonds. The first-order chi connectivity index (χ1) is 9.72. The van der Waals surface area contributed by atoms with Crippen molar-refractivity contribution in [1.82, 2.24) is 9.80 Å². The summed E-state index contributed by atoms with van der Waals surface area (Å²) in [5, 5.41) is 0. The van der Waals surface area contributed by atoms with Gasteiger partial charge in [0.15, 0.2) is 11.5 Å². The van der Waals surface area contributed by atoms with Crippen LogP contribution in [0.3, 0.4) is 0 Å². The smallest absolute Gasteiger partial charge is 0.409 e. The maximum absolute atomic E-state index is 11.3. The Morgan fingerprint density at radius 2 is 2.10 bits per heavy atom. The molecule has 0 N–H and O–H groups in total. The minimum Gasteiger partial charge on any atom is -0.454 e. The van der Waals surface area contributed by atoms with Crippen molar-refractivity contribution in [3.63, 3.8) is 0 Å². The fourth-order valence-electron chi connectivity index (χ4n) is 2.35. The fraction of sp³-hybridized carbons (Fsp3) is 0.500. The van der Waals surface area contributed by atoms with Crippen LogP contribution in [0.1, 0.15) is 5.56 Å². The van der Waals surface area contributed by atoms with Crippen molar-refractivity contribution >= 4 is 6.09 Å². The Bertz CT molecular complexity index is 506. The van der Waals surface area contributed by atoms with E-state index in [2.05, 4.69) is 4.90 Å². The van der Waals surface area contributed by atoms with Crippen LogP contribution in [-0.4, -0.2) is 56.0 Å². The van der Waals surface area contributed by atoms with Gasteiger partial charge >= 0.3 is 6.09 Å². The molecule has 1 fully saturated rings. The summed E-state index contributed by atoms with van der Waals surface area (Å²) in [5.74, 6) is 1.61. The number of likely N-dealkylation sites (N-methyl/N-ethyl adjacent to an activating group) is 1. The van der Waals surface area contributed by atoms with Gasteiger partial charge in [-0.2, -0.15) is 0 Å². The second kappa shape index (κ2) is 5.58. The van der Waals surface area contributed by atoms with Crippen molar-refractivity contribution in [2.24, 2.45) is 0 Å². The lowest BCUT2D eigenvalue weighted by Crippen LogP contribution is -2.33. The lowest BCUT2D eigenvalue weighted by molar-refractivity contribution is 0.155. The van der Waals surface area contributed by atoms with Gasteiger partial charge in [0, 0.05) is 19.6 Å². The summed E-state index contributed by atoms with van der Waals surface area (Å²) in [7, 11) is 2.03. The zero-order valence-electron chi connectivity index (χ0n) is 11.5. The standard InChI is InChI=1S/C14H18N2O4/c1-15(4-5-16-6-7-18-14(16)17)9-11-2-3-12-13(8-11)20-10-19-12/h2-3,8H,4-7,9-10H2,1H3. The Morgan fingerprint density at radius 3 is 2.90 bits per heavy atom. The molecule has 2 heterocycles. The summed E-state index contributed by atoms with van der Waals surface area (Å²) in [6.45, 7) is 3.80. The third kappa shape index (κ3) is 2.80. The zero-order valence-corrected chi connectivity index (χ0v) is 11.5. The molecule has 20 heavy (non-hydrogen) atoms. The van der Waals surface area contributed by atoms with Gasteiger partial charge in [0.05, 0.1) is 6.54 Å². The van der Waals surface area contributed by atoms with E-state index in [-0.39, 0.29) is 6.09 Å². The molecule has 6 heteroatoms. The number of ether oxygens (including phenoxy) is 3. The van der Waals surface area contributed by atoms with Crippen LogP contribution in [0, 0.1) is 0 Å². The fourth-order valence-corrected chi connectivity index (χ4v) is 2.35. The van der Waals surface area contributed by atoms with Crippen LogP contribution in [0.25, 0.3) is 0 Å². The van der Waals surface area contributed by atoms with Gasteiger partial charge in [0.1, 0.15) is 6.61 Å². The van der Waals surface area contributed by atoms with E-state index in [0.29, 0.717) is 26.5 Å². The van der Waals surface area contributed by atoms with E-state index < -0.39 is 0 Å². The lowest BCUT2D eigenvalue weighted by Gasteiger charge is -2.20. The van der Waals surface area contributed by atoms with Crippen molar-refractivity contribution < 1.29 is 19.0 Å². The van der Waals surface area contributed by atoms with Crippen LogP contribution in [-0.2, 0) is 11.3 Å². The molecule has 1 aromatic rings. The molecule has 2 aliphatic rings. The number of carbonyl (C=O) groups is 1. The molecule has 0 saturated carbocycles. The highest BCUT2D eigenvalue weighted by Crippen LogP contribution is 2.32. The Kier molecular flexibility index (Phi) is 3.64. The SMILES string of the molecule is CN(CCN1CCOC1=O)Cc1ccc2c(c1)OCO2. The normalized spacial score (nSPS) is 16.9. The third-order valence-electron chi connectivity index (χ3n) is 3.49. The summed E-state index contributed by atoms with van der Waals surface area (Å²) in [6, 6.07) is 5.97. The molecule has 108 valence electrons. The van der Waals surface area contributed by atoms with Crippen LogP contribution in [0.4, 0.5) is 4.79 Å². The number of hydrogen-bond donors (Lipinski definition) is 0. The summed E-state index contributed by atoms with van der Waals surface area (Å²) in [5.41, 5.74) is 1.17. The topological polar surface area (TPSA) is 51.2 Å². The quantitative estimate of drug-likeness (QED) is 0.812. The molecular formula is C14H18N2O4. The van der Waals surface area contributed by atoms with Crippen molar-refractivity contribution in [1.29, 1.82) is 0 Å². The van der Waals surface area contributed by atoms with Crippen LogP contribution in [0.2, 0.25) is 0 Å². The van der Waals surface area contributed by atoms with Gasteiger partial charge in [-0.25, -0.2) is 4.79 Å². The van der Waals surface area contributed by atoms with Crippen molar-refractivity contribution in [2.45, 2.75) is 6.54 Å². The molecular weight excluding hydrogens is 260 g/mol. The average molecular weight is 278 g/mol. The third-order valence-corrected chi connectivity index (χ3v) is 3.49. The molecule has 0 spiro atoms. The molecule has 6 nitrogen and oxygen atoms in total. The highest BCUT2D eigenvalue weighted by molar-refractivity contribution is 5.69. The summed E-state index contributed by atoms with van der Waals surface area (Å²) in [6.07, 6.45) is -0.207. The number of rotatable bonds is 5. The predicted molar refractivity (Wildman–Crippen MR) is 71.8 cm³/mol. The first-order valence-corrected chi connectivity index (χ1v) is 6.71. The molecule has 1 saturated heterocycles. The Balaban J connectivity index is 1.51. The average Bonchev–Trinajstić information content (AvgIpc) is 3.04.